The van der Waals surface area contributed by atoms with E-state index in [-0.39, 0.29) is 18.2 Å². The molecular weight excluding hydrogens is 274 g/mol. The Kier molecular flexibility index (Phi) is 5.32. The van der Waals surface area contributed by atoms with Crippen molar-refractivity contribution in [1.82, 2.24) is 15.1 Å². The van der Waals surface area contributed by atoms with E-state index in [2.05, 4.69) is 10.4 Å². The van der Waals surface area contributed by atoms with Gasteiger partial charge in [0.25, 0.3) is 0 Å². The largest absolute Gasteiger partial charge is 0.480 e. The normalized spacial score (nSPS) is 20.0. The molecule has 7 nitrogen and oxygen atoms in total. The highest BCUT2D eigenvalue weighted by Crippen LogP contribution is 2.18. The SMILES string of the molecule is Cn1nccc1CCC(=O)NC(C(=O)O)C1CCCOC1. The van der Waals surface area contributed by atoms with Crippen molar-refractivity contribution >= 4 is 11.9 Å². The summed E-state index contributed by atoms with van der Waals surface area (Å²) in [6.07, 6.45) is 4.05. The number of carboxylic acid groups (broad SMARTS) is 1. The monoisotopic (exact) mass is 295 g/mol. The topological polar surface area (TPSA) is 93.5 Å². The summed E-state index contributed by atoms with van der Waals surface area (Å²) in [5, 5.41) is 15.9. The first-order valence-corrected chi connectivity index (χ1v) is 7.14. The van der Waals surface area contributed by atoms with E-state index in [4.69, 9.17) is 4.74 Å². The van der Waals surface area contributed by atoms with Crippen LogP contribution in [0.25, 0.3) is 0 Å². The van der Waals surface area contributed by atoms with Crippen LogP contribution in [0.15, 0.2) is 12.3 Å². The van der Waals surface area contributed by atoms with E-state index in [1.165, 1.54) is 0 Å². The standard InChI is InChI=1S/C14H21N3O4/c1-17-11(6-7-15-17)4-5-12(18)16-13(14(19)20)10-3-2-8-21-9-10/h6-7,10,13H,2-5,8-9H2,1H3,(H,16,18)(H,19,20). The molecule has 1 aliphatic heterocycles. The fraction of sp³-hybridized carbons (Fsp3) is 0.643. The lowest BCUT2D eigenvalue weighted by molar-refractivity contribution is -0.145. The van der Waals surface area contributed by atoms with Crippen molar-refractivity contribution in [3.63, 3.8) is 0 Å². The summed E-state index contributed by atoms with van der Waals surface area (Å²) in [5.41, 5.74) is 0.943. The lowest BCUT2D eigenvalue weighted by atomic mass is 9.93. The van der Waals surface area contributed by atoms with Gasteiger partial charge in [-0.1, -0.05) is 0 Å². The fourth-order valence-electron chi connectivity index (χ4n) is 2.54. The van der Waals surface area contributed by atoms with E-state index in [0.717, 1.165) is 18.5 Å². The highest BCUT2D eigenvalue weighted by molar-refractivity contribution is 5.83. The van der Waals surface area contributed by atoms with E-state index in [1.54, 1.807) is 10.9 Å². The first-order valence-electron chi connectivity index (χ1n) is 7.14. The highest BCUT2D eigenvalue weighted by atomic mass is 16.5. The van der Waals surface area contributed by atoms with Gasteiger partial charge in [-0.05, 0) is 25.3 Å². The van der Waals surface area contributed by atoms with Crippen molar-refractivity contribution in [2.75, 3.05) is 13.2 Å². The summed E-state index contributed by atoms with van der Waals surface area (Å²) in [6.45, 7) is 1.05. The lowest BCUT2D eigenvalue weighted by Crippen LogP contribution is -2.48. The quantitative estimate of drug-likeness (QED) is 0.790. The predicted octanol–water partition coefficient (Wildman–Crippen LogP) is 0.349. The van der Waals surface area contributed by atoms with Crippen LogP contribution in [0.5, 0.6) is 0 Å². The van der Waals surface area contributed by atoms with Gasteiger partial charge < -0.3 is 15.2 Å². The summed E-state index contributed by atoms with van der Waals surface area (Å²) in [4.78, 5) is 23.3. The van der Waals surface area contributed by atoms with Gasteiger partial charge in [0.2, 0.25) is 5.91 Å². The van der Waals surface area contributed by atoms with Gasteiger partial charge in [-0.25, -0.2) is 4.79 Å². The Bertz CT molecular complexity index is 494. The molecular formula is C14H21N3O4. The smallest absolute Gasteiger partial charge is 0.326 e. The number of carbonyl (C=O) groups is 2. The number of hydrogen-bond acceptors (Lipinski definition) is 4. The van der Waals surface area contributed by atoms with Crippen LogP contribution in [0, 0.1) is 5.92 Å². The number of ether oxygens (including phenoxy) is 1. The Morgan fingerprint density at radius 1 is 1.62 bits per heavy atom. The molecule has 0 radical (unpaired) electrons. The van der Waals surface area contributed by atoms with Crippen molar-refractivity contribution < 1.29 is 19.4 Å². The van der Waals surface area contributed by atoms with E-state index < -0.39 is 12.0 Å². The zero-order valence-corrected chi connectivity index (χ0v) is 12.1. The number of hydrogen-bond donors (Lipinski definition) is 2. The number of amides is 1. The van der Waals surface area contributed by atoms with Gasteiger partial charge in [0.05, 0.1) is 6.61 Å². The zero-order valence-electron chi connectivity index (χ0n) is 12.1. The van der Waals surface area contributed by atoms with Gasteiger partial charge in [-0.3, -0.25) is 9.48 Å². The number of nitrogens with zero attached hydrogens (tertiary/aromatic N) is 2. The number of rotatable bonds is 6. The van der Waals surface area contributed by atoms with Gasteiger partial charge in [0, 0.05) is 37.9 Å². The molecule has 1 aromatic heterocycles. The molecule has 2 heterocycles. The van der Waals surface area contributed by atoms with Crippen LogP contribution in [0.2, 0.25) is 0 Å². The van der Waals surface area contributed by atoms with E-state index in [9.17, 15) is 14.7 Å². The number of carbonyl (C=O) groups excluding carboxylic acids is 1. The zero-order chi connectivity index (χ0) is 15.2. The maximum Gasteiger partial charge on any atom is 0.326 e. The van der Waals surface area contributed by atoms with Crippen LogP contribution in [0.1, 0.15) is 25.0 Å². The second-order valence-electron chi connectivity index (χ2n) is 5.31. The Balaban J connectivity index is 1.86. The molecule has 0 aromatic carbocycles. The van der Waals surface area contributed by atoms with Crippen molar-refractivity contribution in [3.8, 4) is 0 Å². The molecule has 1 fully saturated rings. The number of carboxylic acids is 1. The van der Waals surface area contributed by atoms with E-state index in [1.807, 2.05) is 13.1 Å². The fourth-order valence-corrected chi connectivity index (χ4v) is 2.54. The molecule has 0 spiro atoms. The predicted molar refractivity (Wildman–Crippen MR) is 74.6 cm³/mol. The number of aliphatic carboxylic acids is 1. The molecule has 1 aromatic rings. The average molecular weight is 295 g/mol. The molecule has 21 heavy (non-hydrogen) atoms. The van der Waals surface area contributed by atoms with Crippen molar-refractivity contribution in [2.24, 2.45) is 13.0 Å². The summed E-state index contributed by atoms with van der Waals surface area (Å²) >= 11 is 0. The van der Waals surface area contributed by atoms with Crippen LogP contribution in [0.3, 0.4) is 0 Å². The van der Waals surface area contributed by atoms with Gasteiger partial charge in [-0.15, -0.1) is 0 Å². The van der Waals surface area contributed by atoms with Crippen molar-refractivity contribution in [1.29, 1.82) is 0 Å². The van der Waals surface area contributed by atoms with Gasteiger partial charge in [0.15, 0.2) is 0 Å². The molecule has 2 unspecified atom stereocenters. The number of nitrogens with one attached hydrogen (secondary N) is 1. The molecule has 1 saturated heterocycles. The maximum absolute atomic E-state index is 12.0. The molecule has 2 atom stereocenters. The van der Waals surface area contributed by atoms with Gasteiger partial charge >= 0.3 is 5.97 Å². The third-order valence-electron chi connectivity index (χ3n) is 3.78. The summed E-state index contributed by atoms with van der Waals surface area (Å²) in [5.74, 6) is -1.41. The molecule has 2 rings (SSSR count). The molecule has 0 saturated carbocycles. The Morgan fingerprint density at radius 2 is 2.43 bits per heavy atom. The number of aryl methyl sites for hydroxylation is 2. The molecule has 1 amide bonds. The molecule has 7 heteroatoms. The maximum atomic E-state index is 12.0. The highest BCUT2D eigenvalue weighted by Gasteiger charge is 2.31. The van der Waals surface area contributed by atoms with Crippen LogP contribution in [-0.4, -0.2) is 46.0 Å². The van der Waals surface area contributed by atoms with E-state index >= 15 is 0 Å². The minimum absolute atomic E-state index is 0.156. The van der Waals surface area contributed by atoms with Gasteiger partial charge in [0.1, 0.15) is 6.04 Å². The minimum Gasteiger partial charge on any atom is -0.480 e. The molecule has 0 aliphatic carbocycles. The first-order chi connectivity index (χ1) is 10.1. The number of aromatic nitrogens is 2. The minimum atomic E-state index is -1.00. The average Bonchev–Trinajstić information content (AvgIpc) is 2.88. The van der Waals surface area contributed by atoms with Crippen LogP contribution < -0.4 is 5.32 Å². The molecule has 116 valence electrons. The summed E-state index contributed by atoms with van der Waals surface area (Å²) in [6, 6.07) is 0.973. The molecule has 1 aliphatic rings. The Hall–Kier alpha value is -1.89. The third kappa shape index (κ3) is 4.29. The van der Waals surface area contributed by atoms with Crippen molar-refractivity contribution in [2.45, 2.75) is 31.7 Å². The van der Waals surface area contributed by atoms with Crippen molar-refractivity contribution in [3.05, 3.63) is 18.0 Å². The Morgan fingerprint density at radius 3 is 3.00 bits per heavy atom. The van der Waals surface area contributed by atoms with Crippen LogP contribution in [-0.2, 0) is 27.8 Å². The van der Waals surface area contributed by atoms with E-state index in [0.29, 0.717) is 19.6 Å². The van der Waals surface area contributed by atoms with Crippen LogP contribution >= 0.6 is 0 Å². The molecule has 2 N–H and O–H groups in total. The second-order valence-corrected chi connectivity index (χ2v) is 5.31. The summed E-state index contributed by atoms with van der Waals surface area (Å²) in [7, 11) is 1.81. The van der Waals surface area contributed by atoms with Crippen LogP contribution in [0.4, 0.5) is 0 Å². The third-order valence-corrected chi connectivity index (χ3v) is 3.78. The second kappa shape index (κ2) is 7.21. The summed E-state index contributed by atoms with van der Waals surface area (Å²) < 4.78 is 7.01. The Labute approximate surface area is 123 Å². The first kappa shape index (κ1) is 15.5. The molecule has 0 bridgehead atoms. The van der Waals surface area contributed by atoms with Gasteiger partial charge in [-0.2, -0.15) is 5.10 Å². The lowest BCUT2D eigenvalue weighted by Gasteiger charge is -2.28.